The molecule has 0 aromatic heterocycles. The number of thioether (sulfide) groups is 2. The van der Waals surface area contributed by atoms with Crippen molar-refractivity contribution in [3.63, 3.8) is 0 Å². The van der Waals surface area contributed by atoms with E-state index in [2.05, 4.69) is 67.7 Å². The van der Waals surface area contributed by atoms with Crippen LogP contribution >= 0.6 is 23.5 Å². The number of carbonyl (C=O) groups excluding carboxylic acids is 8. The average Bonchev–Trinajstić information content (AvgIpc) is 1.68. The summed E-state index contributed by atoms with van der Waals surface area (Å²) in [6, 6.07) is 32.2. The van der Waals surface area contributed by atoms with Crippen molar-refractivity contribution in [2.45, 2.75) is 195 Å². The Balaban J connectivity index is 1.45. The van der Waals surface area contributed by atoms with Crippen LogP contribution in [0.1, 0.15) is 111 Å². The van der Waals surface area contributed by atoms with Crippen LogP contribution in [0.15, 0.2) is 121 Å². The lowest BCUT2D eigenvalue weighted by Crippen LogP contribution is -2.61. The summed E-state index contributed by atoms with van der Waals surface area (Å²) in [5, 5.41) is -1.74. The maximum Gasteiger partial charge on any atom is 0.338 e. The van der Waals surface area contributed by atoms with Gasteiger partial charge < -0.3 is 65.7 Å². The van der Waals surface area contributed by atoms with E-state index in [-0.39, 0.29) is 33.0 Å². The first-order valence-corrected chi connectivity index (χ1v) is 38.4. The smallest absolute Gasteiger partial charge is 0.338 e. The SMILES string of the molecule is CO[C@@H]1O[C@@H]([C@@H](CS[C@@H]2O[C@H](COC(C)=O)[C@H](OC(C)=O)[C@H](OC(C)=O)[C@H]2OC(C)=O)S[C@@H]2O[C@@H]([C@@H](COC(=O)c3ccccc3)OC(=O)c3ccccc3)[C@H](OC(=O)c3ccccc3)[C@H]2OC(=O)c2ccccc2)[C@H](O[Si](C)(C)C(C)(C)C)[C@H]1O[Si](C)(C)C(C)(C)C. The van der Waals surface area contributed by atoms with Crippen molar-refractivity contribution in [3.05, 3.63) is 144 Å². The average molecular weight is 1360 g/mol. The number of hydrogen-bond donors (Lipinski definition) is 0. The van der Waals surface area contributed by atoms with E-state index in [9.17, 15) is 38.4 Å². The molecule has 3 saturated heterocycles. The van der Waals surface area contributed by atoms with Gasteiger partial charge in [0.1, 0.15) is 54.6 Å². The van der Waals surface area contributed by atoms with Crippen LogP contribution in [-0.2, 0) is 84.9 Å². The lowest BCUT2D eigenvalue weighted by molar-refractivity contribution is -0.237. The third-order valence-electron chi connectivity index (χ3n) is 16.7. The number of carbonyl (C=O) groups is 8. The standard InChI is InChI=1S/C67H86O22S2Si2/c1-39(68)77-36-48-50(79-40(2)69)53(80-41(3)70)57(81-42(4)71)64(83-48)90-38-49(52-55(88-92(12,13)66(5,6)7)56(63(76-11)86-52)89-93(14,15)67(8,9)10)91-65-58(85-62(75)46-34-26-19-27-35-46)54(84-61(74)45-32-24-18-25-33-45)51(87-65)47(82-60(73)44-30-22-17-23-31-44)37-78-59(72)43-28-20-16-21-29-43/h16-35,47-58,63-65H,36-38H2,1-15H3/t47-,48-,49-,50+,51+,52+,53+,54+,55+,56-,57-,58-,63-,64+,65+/m1/s1. The molecule has 26 heteroatoms. The molecule has 4 aromatic rings. The van der Waals surface area contributed by atoms with E-state index in [1.165, 1.54) is 50.4 Å². The molecule has 3 aliphatic rings. The molecule has 0 spiro atoms. The highest BCUT2D eigenvalue weighted by molar-refractivity contribution is 8.03. The number of rotatable bonds is 26. The van der Waals surface area contributed by atoms with Gasteiger partial charge in [-0.25, -0.2) is 19.2 Å². The van der Waals surface area contributed by atoms with Crippen LogP contribution in [0.5, 0.6) is 0 Å². The second kappa shape index (κ2) is 32.3. The summed E-state index contributed by atoms with van der Waals surface area (Å²) in [7, 11) is -4.16. The number of benzene rings is 4. The minimum absolute atomic E-state index is 0.0938. The molecule has 0 bridgehead atoms. The van der Waals surface area contributed by atoms with E-state index in [1.54, 1.807) is 84.9 Å². The lowest BCUT2D eigenvalue weighted by atomic mass is 9.99. The van der Waals surface area contributed by atoms with Gasteiger partial charge in [-0.1, -0.05) is 114 Å². The van der Waals surface area contributed by atoms with Crippen LogP contribution in [0, 0.1) is 0 Å². The molecule has 15 atom stereocenters. The van der Waals surface area contributed by atoms with E-state index >= 15 is 0 Å². The Hall–Kier alpha value is -6.47. The Kier molecular flexibility index (Phi) is 25.7. The molecule has 3 aliphatic heterocycles. The summed E-state index contributed by atoms with van der Waals surface area (Å²) >= 11 is 2.10. The van der Waals surface area contributed by atoms with Gasteiger partial charge in [-0.15, -0.1) is 23.5 Å². The van der Waals surface area contributed by atoms with Gasteiger partial charge in [-0.3, -0.25) is 19.2 Å². The van der Waals surface area contributed by atoms with Crippen molar-refractivity contribution >= 4 is 87.9 Å². The van der Waals surface area contributed by atoms with E-state index in [0.717, 1.165) is 44.3 Å². The predicted molar refractivity (Wildman–Crippen MR) is 348 cm³/mol. The zero-order valence-electron chi connectivity index (χ0n) is 55.1. The van der Waals surface area contributed by atoms with Crippen molar-refractivity contribution in [1.29, 1.82) is 0 Å². The Morgan fingerprint density at radius 2 is 0.892 bits per heavy atom. The predicted octanol–water partition coefficient (Wildman–Crippen LogP) is 10.3. The van der Waals surface area contributed by atoms with E-state index in [0.29, 0.717) is 0 Å². The fraction of sp³-hybridized carbons (Fsp3) is 0.522. The molecule has 506 valence electrons. The fourth-order valence-corrected chi connectivity index (χ4v) is 15.6. The molecule has 0 amide bonds. The first-order chi connectivity index (χ1) is 43.8. The molecular formula is C67H86O22S2Si2. The van der Waals surface area contributed by atoms with Gasteiger partial charge in [-0.05, 0) is 84.8 Å². The Labute approximate surface area is 553 Å². The molecular weight excluding hydrogens is 1280 g/mol. The first kappa shape index (κ1) is 73.9. The summed E-state index contributed by atoms with van der Waals surface area (Å²) in [5.41, 5.74) is -2.29. The number of ether oxygens (including phenoxy) is 12. The van der Waals surface area contributed by atoms with Gasteiger partial charge in [0.05, 0.1) is 22.3 Å². The molecule has 3 fully saturated rings. The van der Waals surface area contributed by atoms with E-state index in [4.69, 9.17) is 65.7 Å². The van der Waals surface area contributed by atoms with Gasteiger partial charge in [-0.2, -0.15) is 0 Å². The number of methoxy groups -OCH3 is 1. The minimum atomic E-state index is -2.89. The third kappa shape index (κ3) is 19.6. The first-order valence-electron chi connectivity index (χ1n) is 30.6. The normalized spacial score (nSPS) is 25.5. The van der Waals surface area contributed by atoms with Crippen molar-refractivity contribution in [1.82, 2.24) is 0 Å². The molecule has 0 radical (unpaired) electrons. The van der Waals surface area contributed by atoms with Gasteiger partial charge in [0.25, 0.3) is 0 Å². The largest absolute Gasteiger partial charge is 0.463 e. The second-order valence-corrected chi connectivity index (χ2v) is 37.7. The summed E-state index contributed by atoms with van der Waals surface area (Å²) in [5.74, 6) is -6.73. The Morgan fingerprint density at radius 3 is 1.35 bits per heavy atom. The zero-order chi connectivity index (χ0) is 68.2. The molecule has 0 aliphatic carbocycles. The third-order valence-corrected chi connectivity index (χ3v) is 28.5. The second-order valence-electron chi connectivity index (χ2n) is 25.7. The molecule has 93 heavy (non-hydrogen) atoms. The highest BCUT2D eigenvalue weighted by Gasteiger charge is 2.60. The molecule has 3 heterocycles. The van der Waals surface area contributed by atoms with Gasteiger partial charge in [0.2, 0.25) is 0 Å². The molecule has 0 unspecified atom stereocenters. The fourth-order valence-electron chi connectivity index (χ4n) is 9.97. The summed E-state index contributed by atoms with van der Waals surface area (Å²) in [6.07, 6.45) is -16.3. The number of hydrogen-bond acceptors (Lipinski definition) is 24. The van der Waals surface area contributed by atoms with Crippen LogP contribution < -0.4 is 0 Å². The molecule has 7 rings (SSSR count). The molecule has 22 nitrogen and oxygen atoms in total. The quantitative estimate of drug-likeness (QED) is 0.0321. The Morgan fingerprint density at radius 1 is 0.462 bits per heavy atom. The number of esters is 8. The van der Waals surface area contributed by atoms with Gasteiger partial charge in [0.15, 0.2) is 59.5 Å². The zero-order valence-corrected chi connectivity index (χ0v) is 58.8. The van der Waals surface area contributed by atoms with Crippen molar-refractivity contribution < 1.29 is 104 Å². The van der Waals surface area contributed by atoms with Crippen molar-refractivity contribution in [2.24, 2.45) is 0 Å². The van der Waals surface area contributed by atoms with Crippen molar-refractivity contribution in [3.8, 4) is 0 Å². The van der Waals surface area contributed by atoms with Crippen LogP contribution in [-0.4, -0.2) is 180 Å². The van der Waals surface area contributed by atoms with Gasteiger partial charge in [0, 0.05) is 45.8 Å². The molecule has 4 aromatic carbocycles. The maximum absolute atomic E-state index is 14.8. The van der Waals surface area contributed by atoms with E-state index < -0.39 is 172 Å². The monoisotopic (exact) mass is 1360 g/mol. The van der Waals surface area contributed by atoms with Crippen molar-refractivity contribution in [2.75, 3.05) is 26.1 Å². The van der Waals surface area contributed by atoms with Crippen LogP contribution in [0.3, 0.4) is 0 Å². The maximum atomic E-state index is 14.8. The highest BCUT2D eigenvalue weighted by atomic mass is 32.2. The molecule has 0 saturated carbocycles. The Bertz CT molecular complexity index is 3180. The topological polar surface area (TPSA) is 266 Å². The molecule has 0 N–H and O–H groups in total. The van der Waals surface area contributed by atoms with E-state index in [1.807, 2.05) is 0 Å². The van der Waals surface area contributed by atoms with Crippen LogP contribution in [0.4, 0.5) is 0 Å². The summed E-state index contributed by atoms with van der Waals surface area (Å²) in [6.45, 7) is 24.3. The lowest BCUT2D eigenvalue weighted by Gasteiger charge is -2.45. The van der Waals surface area contributed by atoms with Crippen LogP contribution in [0.25, 0.3) is 0 Å². The van der Waals surface area contributed by atoms with Crippen LogP contribution in [0.2, 0.25) is 36.3 Å². The van der Waals surface area contributed by atoms with Gasteiger partial charge >= 0.3 is 47.8 Å². The minimum Gasteiger partial charge on any atom is -0.463 e. The summed E-state index contributed by atoms with van der Waals surface area (Å²) in [4.78, 5) is 109. The summed E-state index contributed by atoms with van der Waals surface area (Å²) < 4.78 is 90.4. The highest BCUT2D eigenvalue weighted by Crippen LogP contribution is 2.49.